The molecule has 204 valence electrons. The highest BCUT2D eigenvalue weighted by atomic mass is 35.5. The van der Waals surface area contributed by atoms with Crippen molar-refractivity contribution in [2.75, 3.05) is 0 Å². The van der Waals surface area contributed by atoms with Gasteiger partial charge in [-0.3, -0.25) is 0 Å². The van der Waals surface area contributed by atoms with E-state index in [0.717, 1.165) is 56.0 Å². The van der Waals surface area contributed by atoms with E-state index in [1.54, 1.807) is 0 Å². The molecule has 0 saturated carbocycles. The fraction of sp³-hybridized carbons (Fsp3) is 0. The summed E-state index contributed by atoms with van der Waals surface area (Å²) in [5.74, 6) is 0.711. The summed E-state index contributed by atoms with van der Waals surface area (Å²) in [5.41, 5.74) is 10.1. The van der Waals surface area contributed by atoms with Crippen molar-refractivity contribution in [3.63, 3.8) is 0 Å². The van der Waals surface area contributed by atoms with E-state index >= 15 is 0 Å². The lowest BCUT2D eigenvalue weighted by atomic mass is 9.97. The summed E-state index contributed by atoms with van der Waals surface area (Å²) < 4.78 is 0. The molecule has 5 aromatic carbocycles. The van der Waals surface area contributed by atoms with Gasteiger partial charge in [-0.2, -0.15) is 0 Å². The molecule has 0 spiro atoms. The number of aromatic nitrogens is 4. The van der Waals surface area contributed by atoms with E-state index in [-0.39, 0.29) is 0 Å². The summed E-state index contributed by atoms with van der Waals surface area (Å²) in [6.45, 7) is 0. The van der Waals surface area contributed by atoms with Gasteiger partial charge in [0.15, 0.2) is 11.0 Å². The van der Waals surface area contributed by atoms with Gasteiger partial charge in [0, 0.05) is 34.0 Å². The van der Waals surface area contributed by atoms with Gasteiger partial charge in [0.1, 0.15) is 5.69 Å². The van der Waals surface area contributed by atoms with Crippen LogP contribution in [0.1, 0.15) is 0 Å². The van der Waals surface area contributed by atoms with Crippen molar-refractivity contribution < 1.29 is 0 Å². The molecule has 0 aliphatic carbocycles. The number of benzene rings is 5. The van der Waals surface area contributed by atoms with Gasteiger partial charge in [0.2, 0.25) is 0 Å². The van der Waals surface area contributed by atoms with E-state index in [0.29, 0.717) is 16.7 Å². The van der Waals surface area contributed by atoms with Gasteiger partial charge < -0.3 is 0 Å². The van der Waals surface area contributed by atoms with E-state index in [9.17, 15) is 0 Å². The minimum absolute atomic E-state index is 0.376. The normalized spacial score (nSPS) is 10.9. The highest BCUT2D eigenvalue weighted by Crippen LogP contribution is 2.36. The highest BCUT2D eigenvalue weighted by Gasteiger charge is 2.17. The summed E-state index contributed by atoms with van der Waals surface area (Å²) in [4.78, 5) is 19.2. The third-order valence-corrected chi connectivity index (χ3v) is 7.55. The molecular weight excluding hydrogens is 548 g/mol. The lowest BCUT2D eigenvalue weighted by Gasteiger charge is -2.14. The van der Waals surface area contributed by atoms with E-state index in [4.69, 9.17) is 26.6 Å². The first-order valence-electron chi connectivity index (χ1n) is 14.0. The smallest absolute Gasteiger partial charge is 0.159 e. The molecule has 0 fully saturated rings. The first kappa shape index (κ1) is 26.4. The Morgan fingerprint density at radius 2 is 0.907 bits per heavy atom. The van der Waals surface area contributed by atoms with Crippen LogP contribution in [-0.4, -0.2) is 19.9 Å². The predicted molar refractivity (Wildman–Crippen MR) is 175 cm³/mol. The molecule has 0 N–H and O–H groups in total. The van der Waals surface area contributed by atoms with E-state index in [1.807, 2.05) is 103 Å². The average molecular weight is 573 g/mol. The molecule has 7 aromatic rings. The average Bonchev–Trinajstić information content (AvgIpc) is 3.09. The zero-order valence-corrected chi connectivity index (χ0v) is 23.9. The van der Waals surface area contributed by atoms with E-state index in [2.05, 4.69) is 53.5 Å². The maximum Gasteiger partial charge on any atom is 0.159 e. The van der Waals surface area contributed by atoms with Gasteiger partial charge in [0.25, 0.3) is 0 Å². The van der Waals surface area contributed by atoms with Crippen LogP contribution >= 0.6 is 11.6 Å². The van der Waals surface area contributed by atoms with Crippen LogP contribution in [0.4, 0.5) is 0 Å². The largest absolute Gasteiger partial charge is 0.242 e. The Labute approximate surface area is 255 Å². The Balaban J connectivity index is 1.27. The van der Waals surface area contributed by atoms with Crippen molar-refractivity contribution in [1.82, 2.24) is 19.9 Å². The summed E-state index contributed by atoms with van der Waals surface area (Å²) in [6, 6.07) is 48.8. The second-order valence-electron chi connectivity index (χ2n) is 10.1. The zero-order chi connectivity index (χ0) is 29.0. The molecule has 0 saturated heterocycles. The minimum Gasteiger partial charge on any atom is -0.242 e. The Bertz CT molecular complexity index is 2010. The number of hydrogen-bond donors (Lipinski definition) is 0. The number of halogens is 1. The van der Waals surface area contributed by atoms with Crippen LogP contribution in [0, 0.1) is 0 Å². The maximum absolute atomic E-state index is 6.73. The standard InChI is InChI=1S/C38H25ClN4/c39-37-36(29-13-6-2-7-14-29)42-35(34(43-37)28-11-4-1-5-12-28)32-18-10-17-31(25-32)26-19-21-27(22-20-26)33-23-24-40-38(41-33)30-15-8-3-9-16-30/h1-25H. The van der Waals surface area contributed by atoms with Crippen molar-refractivity contribution in [3.8, 4) is 67.5 Å². The molecule has 0 atom stereocenters. The molecule has 4 nitrogen and oxygen atoms in total. The quantitative estimate of drug-likeness (QED) is 0.199. The van der Waals surface area contributed by atoms with Crippen LogP contribution in [0.3, 0.4) is 0 Å². The topological polar surface area (TPSA) is 51.6 Å². The fourth-order valence-electron chi connectivity index (χ4n) is 5.12. The Kier molecular flexibility index (Phi) is 7.26. The molecule has 0 radical (unpaired) electrons. The van der Waals surface area contributed by atoms with Crippen molar-refractivity contribution >= 4 is 11.6 Å². The van der Waals surface area contributed by atoms with Crippen LogP contribution in [-0.2, 0) is 0 Å². The molecule has 43 heavy (non-hydrogen) atoms. The summed E-state index contributed by atoms with van der Waals surface area (Å²) in [7, 11) is 0. The molecule has 0 amide bonds. The molecule has 2 heterocycles. The zero-order valence-electron chi connectivity index (χ0n) is 23.1. The molecular formula is C38H25ClN4. The van der Waals surface area contributed by atoms with Crippen LogP contribution in [0.2, 0.25) is 5.15 Å². The second kappa shape index (κ2) is 11.8. The lowest BCUT2D eigenvalue weighted by molar-refractivity contribution is 1.18. The third-order valence-electron chi connectivity index (χ3n) is 7.29. The molecule has 0 unspecified atom stereocenters. The maximum atomic E-state index is 6.73. The number of rotatable bonds is 6. The Hall–Kier alpha value is -5.45. The monoisotopic (exact) mass is 572 g/mol. The van der Waals surface area contributed by atoms with Gasteiger partial charge >= 0.3 is 0 Å². The SMILES string of the molecule is Clc1nc(-c2ccccc2)c(-c2cccc(-c3ccc(-c4ccnc(-c5ccccc5)n4)cc3)c2)nc1-c1ccccc1. The van der Waals surface area contributed by atoms with Gasteiger partial charge in [-0.05, 0) is 23.3 Å². The van der Waals surface area contributed by atoms with Crippen molar-refractivity contribution in [3.05, 3.63) is 157 Å². The summed E-state index contributed by atoms with van der Waals surface area (Å²) >= 11 is 6.73. The number of nitrogens with zero attached hydrogens (tertiary/aromatic N) is 4. The summed E-state index contributed by atoms with van der Waals surface area (Å²) in [5, 5.41) is 0.376. The van der Waals surface area contributed by atoms with Gasteiger partial charge in [-0.15, -0.1) is 0 Å². The summed E-state index contributed by atoms with van der Waals surface area (Å²) in [6.07, 6.45) is 1.81. The molecule has 2 aromatic heterocycles. The van der Waals surface area contributed by atoms with Crippen molar-refractivity contribution in [2.24, 2.45) is 0 Å². The molecule has 0 aliphatic heterocycles. The molecule has 5 heteroatoms. The van der Waals surface area contributed by atoms with Gasteiger partial charge in [0.05, 0.1) is 17.1 Å². The van der Waals surface area contributed by atoms with Crippen LogP contribution in [0.15, 0.2) is 152 Å². The first-order valence-corrected chi connectivity index (χ1v) is 14.4. The fourth-order valence-corrected chi connectivity index (χ4v) is 5.35. The van der Waals surface area contributed by atoms with Crippen molar-refractivity contribution in [2.45, 2.75) is 0 Å². The predicted octanol–water partition coefficient (Wildman–Crippen LogP) is 9.92. The van der Waals surface area contributed by atoms with E-state index in [1.165, 1.54) is 0 Å². The van der Waals surface area contributed by atoms with Crippen LogP contribution < -0.4 is 0 Å². The van der Waals surface area contributed by atoms with Gasteiger partial charge in [-0.1, -0.05) is 145 Å². The first-order chi connectivity index (χ1) is 21.2. The Morgan fingerprint density at radius 1 is 0.372 bits per heavy atom. The molecule has 0 bridgehead atoms. The third kappa shape index (κ3) is 5.56. The van der Waals surface area contributed by atoms with Gasteiger partial charge in [-0.25, -0.2) is 19.9 Å². The molecule has 0 aliphatic rings. The van der Waals surface area contributed by atoms with Crippen LogP contribution in [0.25, 0.3) is 67.5 Å². The van der Waals surface area contributed by atoms with Crippen molar-refractivity contribution in [1.29, 1.82) is 0 Å². The Morgan fingerprint density at radius 3 is 1.58 bits per heavy atom. The molecule has 7 rings (SSSR count). The lowest BCUT2D eigenvalue weighted by Crippen LogP contribution is -1.98. The van der Waals surface area contributed by atoms with E-state index < -0.39 is 0 Å². The second-order valence-corrected chi connectivity index (χ2v) is 10.4. The number of hydrogen-bond acceptors (Lipinski definition) is 4. The van der Waals surface area contributed by atoms with Crippen LogP contribution in [0.5, 0.6) is 0 Å². The highest BCUT2D eigenvalue weighted by molar-refractivity contribution is 6.32. The minimum atomic E-state index is 0.376.